The number of nitrogen functional groups attached to an aromatic ring is 1. The Kier molecular flexibility index (Phi) is 9.03. The summed E-state index contributed by atoms with van der Waals surface area (Å²) in [6.45, 7) is 9.98. The van der Waals surface area contributed by atoms with Gasteiger partial charge in [0.2, 0.25) is 0 Å². The van der Waals surface area contributed by atoms with Crippen LogP contribution in [0.5, 0.6) is 5.75 Å². The highest BCUT2D eigenvalue weighted by Crippen LogP contribution is 2.68. The van der Waals surface area contributed by atoms with Crippen LogP contribution in [0.1, 0.15) is 85.5 Å². The number of rotatable bonds is 7. The smallest absolute Gasteiger partial charge is 0.157 e. The highest BCUT2D eigenvalue weighted by atomic mass is 16.5. The number of nitrogens with two attached hydrogens (primary N) is 2. The monoisotopic (exact) mass is 527 g/mol. The second kappa shape index (κ2) is 11.8. The molecule has 1 aromatic carbocycles. The Labute approximate surface area is 231 Å². The van der Waals surface area contributed by atoms with Gasteiger partial charge in [0, 0.05) is 19.1 Å². The van der Waals surface area contributed by atoms with Crippen molar-refractivity contribution in [2.24, 2.45) is 52.2 Å². The van der Waals surface area contributed by atoms with Crippen LogP contribution in [0.15, 0.2) is 18.2 Å². The van der Waals surface area contributed by atoms with E-state index in [1.807, 2.05) is 33.1 Å². The zero-order valence-corrected chi connectivity index (χ0v) is 24.8. The largest absolute Gasteiger partial charge is 0.497 e. The van der Waals surface area contributed by atoms with E-state index in [0.29, 0.717) is 28.5 Å². The number of Topliss-reactive ketones (excluding diaryl/α,β-unsaturated/α-hetero) is 1. The minimum Gasteiger partial charge on any atom is -0.497 e. The van der Waals surface area contributed by atoms with Gasteiger partial charge >= 0.3 is 0 Å². The van der Waals surface area contributed by atoms with Crippen LogP contribution in [0, 0.1) is 46.3 Å². The molecular formula is C32H53N3O3. The molecular weight excluding hydrogens is 474 g/mol. The van der Waals surface area contributed by atoms with Crippen molar-refractivity contribution in [3.63, 3.8) is 0 Å². The maximum absolute atomic E-state index is 13.7. The molecule has 0 aromatic heterocycles. The molecule has 0 amide bonds. The van der Waals surface area contributed by atoms with Crippen molar-refractivity contribution in [1.29, 1.82) is 0 Å². The fourth-order valence-electron chi connectivity index (χ4n) is 9.63. The molecule has 0 bridgehead atoms. The molecule has 0 heterocycles. The summed E-state index contributed by atoms with van der Waals surface area (Å²) in [6, 6.07) is 5.43. The zero-order chi connectivity index (χ0) is 27.7. The van der Waals surface area contributed by atoms with Crippen LogP contribution in [0.25, 0.3) is 0 Å². The lowest BCUT2D eigenvalue weighted by atomic mass is 9.44. The molecule has 0 saturated heterocycles. The SMILES string of the molecule is CC.COCC12CCC(C)CC1CCC1C2CCC2(C)C1CC[C@@H]2C(=O)CN(N)c1ccc(OC)cc1N. The Hall–Kier alpha value is -1.79. The fraction of sp³-hybridized carbons (Fsp3) is 0.781. The normalized spacial score (nSPS) is 37.7. The first kappa shape index (κ1) is 29.2. The van der Waals surface area contributed by atoms with Crippen LogP contribution < -0.4 is 21.3 Å². The highest BCUT2D eigenvalue weighted by Gasteiger charge is 2.62. The number of fused-ring (bicyclic) bond motifs is 5. The van der Waals surface area contributed by atoms with Gasteiger partial charge in [-0.2, -0.15) is 0 Å². The van der Waals surface area contributed by atoms with Crippen LogP contribution in [-0.4, -0.2) is 33.2 Å². The summed E-state index contributed by atoms with van der Waals surface area (Å²) in [5.74, 6) is 11.2. The number of ether oxygens (including phenoxy) is 2. The Balaban J connectivity index is 0.00000164. The number of hydrogen-bond acceptors (Lipinski definition) is 6. The van der Waals surface area contributed by atoms with Gasteiger partial charge in [0.15, 0.2) is 5.78 Å². The van der Waals surface area contributed by atoms with Gasteiger partial charge in [0.1, 0.15) is 5.75 Å². The van der Waals surface area contributed by atoms with Crippen molar-refractivity contribution in [3.05, 3.63) is 18.2 Å². The summed E-state index contributed by atoms with van der Waals surface area (Å²) in [5.41, 5.74) is 7.85. The molecule has 38 heavy (non-hydrogen) atoms. The van der Waals surface area contributed by atoms with E-state index >= 15 is 0 Å². The van der Waals surface area contributed by atoms with Crippen molar-refractivity contribution in [3.8, 4) is 5.75 Å². The lowest BCUT2D eigenvalue weighted by Crippen LogP contribution is -2.56. The molecule has 214 valence electrons. The number of carbonyl (C=O) groups excluding carboxylic acids is 1. The summed E-state index contributed by atoms with van der Waals surface area (Å²) < 4.78 is 11.2. The van der Waals surface area contributed by atoms with E-state index < -0.39 is 0 Å². The third kappa shape index (κ3) is 4.96. The van der Waals surface area contributed by atoms with E-state index in [1.54, 1.807) is 13.2 Å². The van der Waals surface area contributed by atoms with E-state index in [1.165, 1.54) is 50.0 Å². The molecule has 4 aliphatic rings. The van der Waals surface area contributed by atoms with Crippen LogP contribution in [0.4, 0.5) is 11.4 Å². The Bertz CT molecular complexity index is 969. The number of nitrogens with zero attached hydrogens (tertiary/aromatic N) is 1. The van der Waals surface area contributed by atoms with Gasteiger partial charge in [-0.15, -0.1) is 0 Å². The van der Waals surface area contributed by atoms with E-state index in [9.17, 15) is 4.79 Å². The molecule has 8 atom stereocenters. The van der Waals surface area contributed by atoms with Gasteiger partial charge in [-0.05, 0) is 104 Å². The molecule has 4 aliphatic carbocycles. The van der Waals surface area contributed by atoms with Gasteiger partial charge in [0.05, 0.1) is 31.6 Å². The summed E-state index contributed by atoms with van der Waals surface area (Å²) in [4.78, 5) is 13.7. The lowest BCUT2D eigenvalue weighted by Gasteiger charge is -2.62. The molecule has 1 aromatic rings. The fourth-order valence-corrected chi connectivity index (χ4v) is 9.63. The van der Waals surface area contributed by atoms with E-state index in [4.69, 9.17) is 21.1 Å². The number of carbonyl (C=O) groups is 1. The number of benzene rings is 1. The summed E-state index contributed by atoms with van der Waals surface area (Å²) in [5, 5.41) is 1.53. The van der Waals surface area contributed by atoms with Crippen LogP contribution in [0.2, 0.25) is 0 Å². The number of anilines is 2. The second-order valence-electron chi connectivity index (χ2n) is 12.9. The first-order chi connectivity index (χ1) is 18.2. The highest BCUT2D eigenvalue weighted by molar-refractivity contribution is 5.87. The van der Waals surface area contributed by atoms with Gasteiger partial charge in [-0.3, -0.25) is 4.79 Å². The quantitative estimate of drug-likeness (QED) is 0.240. The zero-order valence-electron chi connectivity index (χ0n) is 24.8. The molecule has 0 radical (unpaired) electrons. The third-order valence-electron chi connectivity index (χ3n) is 11.3. The number of methoxy groups -OCH3 is 2. The summed E-state index contributed by atoms with van der Waals surface area (Å²) in [7, 11) is 3.52. The number of hydrogen-bond donors (Lipinski definition) is 2. The van der Waals surface area contributed by atoms with Crippen LogP contribution >= 0.6 is 0 Å². The van der Waals surface area contributed by atoms with Gasteiger partial charge < -0.3 is 20.2 Å². The van der Waals surface area contributed by atoms with Gasteiger partial charge in [-0.1, -0.05) is 34.1 Å². The minimum absolute atomic E-state index is 0.0770. The van der Waals surface area contributed by atoms with Crippen LogP contribution in [0.3, 0.4) is 0 Å². The topological polar surface area (TPSA) is 90.8 Å². The van der Waals surface area contributed by atoms with Crippen molar-refractivity contribution in [2.45, 2.75) is 85.5 Å². The first-order valence-electron chi connectivity index (χ1n) is 15.2. The summed E-state index contributed by atoms with van der Waals surface area (Å²) in [6.07, 6.45) is 11.3. The molecule has 5 rings (SSSR count). The van der Waals surface area contributed by atoms with Crippen molar-refractivity contribution in [1.82, 2.24) is 0 Å². The van der Waals surface area contributed by atoms with Crippen molar-refractivity contribution in [2.75, 3.05) is 38.1 Å². The molecule has 0 spiro atoms. The predicted molar refractivity (Wildman–Crippen MR) is 156 cm³/mol. The standard InChI is InChI=1S/C30H47N3O3.C2H6/c1-19-11-14-30(18-35-3)20(15-19)5-7-22-23-8-9-25(29(23,2)13-12-24(22)30)28(34)17-33(32)27-10-6-21(36-4)16-26(27)31;1-2/h6,10,16,19-20,22-25H,5,7-9,11-15,17-18,31-32H2,1-4H3;1-2H3/t19?,20?,22?,23?,24?,25-,29?,30?;/m1./s1. The van der Waals surface area contributed by atoms with E-state index in [-0.39, 0.29) is 23.7 Å². The average Bonchev–Trinajstić information content (AvgIpc) is 3.27. The van der Waals surface area contributed by atoms with Gasteiger partial charge in [0.25, 0.3) is 0 Å². The first-order valence-corrected chi connectivity index (χ1v) is 15.2. The molecule has 7 unspecified atom stereocenters. The summed E-state index contributed by atoms with van der Waals surface area (Å²) >= 11 is 0. The molecule has 4 N–H and O–H groups in total. The minimum atomic E-state index is 0.0770. The maximum Gasteiger partial charge on any atom is 0.157 e. The van der Waals surface area contributed by atoms with E-state index in [0.717, 1.165) is 43.1 Å². The van der Waals surface area contributed by atoms with Gasteiger partial charge in [-0.25, -0.2) is 5.84 Å². The maximum atomic E-state index is 13.7. The lowest BCUT2D eigenvalue weighted by molar-refractivity contribution is -0.154. The number of hydrazine groups is 1. The third-order valence-corrected chi connectivity index (χ3v) is 11.3. The second-order valence-corrected chi connectivity index (χ2v) is 12.9. The Morgan fingerprint density at radius 1 is 1.05 bits per heavy atom. The van der Waals surface area contributed by atoms with E-state index in [2.05, 4.69) is 13.8 Å². The molecule has 4 saturated carbocycles. The molecule has 6 heteroatoms. The van der Waals surface area contributed by atoms with Crippen molar-refractivity contribution >= 4 is 17.2 Å². The molecule has 0 aliphatic heterocycles. The molecule has 4 fully saturated rings. The number of ketones is 1. The van der Waals surface area contributed by atoms with Crippen LogP contribution in [-0.2, 0) is 9.53 Å². The predicted octanol–water partition coefficient (Wildman–Crippen LogP) is 6.47. The molecule has 6 nitrogen and oxygen atoms in total. The van der Waals surface area contributed by atoms with Crippen molar-refractivity contribution < 1.29 is 14.3 Å². The Morgan fingerprint density at radius 2 is 1.82 bits per heavy atom. The average molecular weight is 528 g/mol. The Morgan fingerprint density at radius 3 is 2.50 bits per heavy atom.